The van der Waals surface area contributed by atoms with Crippen molar-refractivity contribution >= 4 is 34.5 Å². The quantitative estimate of drug-likeness (QED) is 0.509. The summed E-state index contributed by atoms with van der Waals surface area (Å²) in [6, 6.07) is 10.2. The zero-order valence-electron chi connectivity index (χ0n) is 11.2. The zero-order valence-corrected chi connectivity index (χ0v) is 13.3. The van der Waals surface area contributed by atoms with Gasteiger partial charge >= 0.3 is 24.3 Å². The van der Waals surface area contributed by atoms with Crippen molar-refractivity contribution in [3.8, 4) is 0 Å². The molecule has 0 aliphatic heterocycles. The van der Waals surface area contributed by atoms with Gasteiger partial charge in [0.2, 0.25) is 0 Å². The van der Waals surface area contributed by atoms with E-state index in [1.54, 1.807) is 0 Å². The van der Waals surface area contributed by atoms with E-state index in [2.05, 4.69) is 34.7 Å². The largest absolute Gasteiger partial charge is 0.481 e. The van der Waals surface area contributed by atoms with Crippen molar-refractivity contribution in [2.75, 3.05) is 0 Å². The Balaban J connectivity index is 0. The molecule has 1 aromatic rings. The first kappa shape index (κ1) is 23.7. The van der Waals surface area contributed by atoms with Crippen LogP contribution in [0.15, 0.2) is 30.3 Å². The predicted octanol–water partition coefficient (Wildman–Crippen LogP) is 4.34. The number of rotatable bonds is 2. The fourth-order valence-corrected chi connectivity index (χ4v) is 1.17. The van der Waals surface area contributed by atoms with Crippen LogP contribution in [0.5, 0.6) is 0 Å². The number of hydrogen-bond donors (Lipinski definition) is 2. The number of alkyl halides is 6. The summed E-state index contributed by atoms with van der Waals surface area (Å²) in [5.41, 5.74) is 0. The number of carboxylic acids is 2. The van der Waals surface area contributed by atoms with Crippen LogP contribution in [0.25, 0.3) is 0 Å². The predicted molar refractivity (Wildman–Crippen MR) is 75.8 cm³/mol. The molecule has 132 valence electrons. The molecule has 0 aliphatic rings. The molecule has 4 nitrogen and oxygen atoms in total. The van der Waals surface area contributed by atoms with Gasteiger partial charge in [-0.3, -0.25) is 9.59 Å². The summed E-state index contributed by atoms with van der Waals surface area (Å²) >= 11 is 2.28. The first-order valence-electron chi connectivity index (χ1n) is 5.50. The first-order valence-corrected chi connectivity index (χ1v) is 6.58. The highest BCUT2D eigenvalue weighted by molar-refractivity contribution is 14.1. The van der Waals surface area contributed by atoms with Gasteiger partial charge in [-0.1, -0.05) is 18.2 Å². The van der Waals surface area contributed by atoms with Gasteiger partial charge in [-0.2, -0.15) is 26.3 Å². The lowest BCUT2D eigenvalue weighted by Crippen LogP contribution is -2.13. The van der Waals surface area contributed by atoms with Crippen LogP contribution in [0, 0.1) is 3.57 Å². The van der Waals surface area contributed by atoms with Crippen LogP contribution in [0.1, 0.15) is 12.8 Å². The van der Waals surface area contributed by atoms with E-state index >= 15 is 0 Å². The molecule has 0 amide bonds. The Morgan fingerprint density at radius 2 is 1.13 bits per heavy atom. The lowest BCUT2D eigenvalue weighted by atomic mass is 10.4. The SMILES string of the molecule is Ic1ccccc1.O=C(O)CC(F)(F)F.O=C(O)CC(F)(F)F. The molecular weight excluding hydrogens is 449 g/mol. The highest BCUT2D eigenvalue weighted by Gasteiger charge is 2.31. The third kappa shape index (κ3) is 25.7. The Morgan fingerprint density at radius 1 is 0.826 bits per heavy atom. The number of hydrogen-bond acceptors (Lipinski definition) is 2. The van der Waals surface area contributed by atoms with Gasteiger partial charge < -0.3 is 10.2 Å². The fourth-order valence-electron chi connectivity index (χ4n) is 0.758. The maximum atomic E-state index is 10.9. The van der Waals surface area contributed by atoms with E-state index < -0.39 is 37.1 Å². The lowest BCUT2D eigenvalue weighted by molar-refractivity contribution is -0.168. The normalized spacial score (nSPS) is 10.6. The average Bonchev–Trinajstić information content (AvgIpc) is 2.24. The molecule has 0 bridgehead atoms. The fraction of sp³-hybridized carbons (Fsp3) is 0.333. The summed E-state index contributed by atoms with van der Waals surface area (Å²) in [7, 11) is 0. The van der Waals surface area contributed by atoms with Crippen molar-refractivity contribution in [2.45, 2.75) is 25.2 Å². The lowest BCUT2D eigenvalue weighted by Gasteiger charge is -1.98. The third-order valence-corrected chi connectivity index (χ3v) is 2.16. The third-order valence-electron chi connectivity index (χ3n) is 1.44. The second-order valence-corrected chi connectivity index (χ2v) is 4.91. The molecule has 0 unspecified atom stereocenters. The molecule has 0 aliphatic carbocycles. The van der Waals surface area contributed by atoms with Crippen LogP contribution >= 0.6 is 22.6 Å². The molecule has 0 fully saturated rings. The minimum Gasteiger partial charge on any atom is -0.481 e. The minimum atomic E-state index is -4.58. The molecule has 1 rings (SSSR count). The molecule has 0 atom stereocenters. The summed E-state index contributed by atoms with van der Waals surface area (Å²) in [6.45, 7) is 0. The summed E-state index contributed by atoms with van der Waals surface area (Å²) in [4.78, 5) is 18.6. The first-order chi connectivity index (χ1) is 10.2. The van der Waals surface area contributed by atoms with Crippen molar-refractivity contribution in [3.05, 3.63) is 33.9 Å². The molecular formula is C12H11F6IO4. The van der Waals surface area contributed by atoms with Crippen LogP contribution < -0.4 is 0 Å². The van der Waals surface area contributed by atoms with Crippen molar-refractivity contribution in [1.82, 2.24) is 0 Å². The Hall–Kier alpha value is -1.53. The van der Waals surface area contributed by atoms with Gasteiger partial charge in [0.05, 0.1) is 0 Å². The van der Waals surface area contributed by atoms with Gasteiger partial charge in [0.25, 0.3) is 0 Å². The molecule has 0 spiro atoms. The number of aliphatic carboxylic acids is 2. The molecule has 23 heavy (non-hydrogen) atoms. The van der Waals surface area contributed by atoms with Crippen LogP contribution in [0.4, 0.5) is 26.3 Å². The standard InChI is InChI=1S/C6H5I.2C3H3F3O2/c7-6-4-2-1-3-5-6;2*4-3(5,6)1-2(7)8/h1-5H;2*1H2,(H,7,8). The maximum Gasteiger partial charge on any atom is 0.399 e. The van der Waals surface area contributed by atoms with E-state index in [4.69, 9.17) is 10.2 Å². The van der Waals surface area contributed by atoms with Gasteiger partial charge in [-0.25, -0.2) is 0 Å². The molecule has 0 saturated heterocycles. The smallest absolute Gasteiger partial charge is 0.399 e. The van der Waals surface area contributed by atoms with E-state index in [1.165, 1.54) is 3.57 Å². The van der Waals surface area contributed by atoms with E-state index in [1.807, 2.05) is 18.2 Å². The van der Waals surface area contributed by atoms with Crippen LogP contribution in [0.3, 0.4) is 0 Å². The van der Waals surface area contributed by atoms with E-state index in [0.29, 0.717) is 0 Å². The second-order valence-electron chi connectivity index (χ2n) is 3.67. The summed E-state index contributed by atoms with van der Waals surface area (Å²) in [6.07, 6.45) is -12.7. The second kappa shape index (κ2) is 11.1. The molecule has 1 aromatic carbocycles. The summed E-state index contributed by atoms with van der Waals surface area (Å²) in [5.74, 6) is -3.70. The van der Waals surface area contributed by atoms with Gasteiger partial charge in [0.1, 0.15) is 12.8 Å². The Labute approximate surface area is 140 Å². The van der Waals surface area contributed by atoms with Crippen molar-refractivity contribution in [2.24, 2.45) is 0 Å². The molecule has 0 radical (unpaired) electrons. The van der Waals surface area contributed by atoms with Gasteiger partial charge in [0.15, 0.2) is 0 Å². The van der Waals surface area contributed by atoms with Gasteiger partial charge in [-0.15, -0.1) is 0 Å². The van der Waals surface area contributed by atoms with E-state index in [-0.39, 0.29) is 0 Å². The Morgan fingerprint density at radius 3 is 1.22 bits per heavy atom. The topological polar surface area (TPSA) is 74.6 Å². The molecule has 11 heteroatoms. The highest BCUT2D eigenvalue weighted by atomic mass is 127. The van der Waals surface area contributed by atoms with Crippen LogP contribution in [-0.2, 0) is 9.59 Å². The monoisotopic (exact) mass is 460 g/mol. The van der Waals surface area contributed by atoms with E-state index in [0.717, 1.165) is 0 Å². The molecule has 2 N–H and O–H groups in total. The van der Waals surface area contributed by atoms with Crippen LogP contribution in [-0.4, -0.2) is 34.5 Å². The summed E-state index contributed by atoms with van der Waals surface area (Å²) in [5, 5.41) is 15.1. The van der Waals surface area contributed by atoms with Crippen LogP contribution in [0.2, 0.25) is 0 Å². The number of benzene rings is 1. The molecule has 0 saturated carbocycles. The maximum absolute atomic E-state index is 10.9. The van der Waals surface area contributed by atoms with Gasteiger partial charge in [0, 0.05) is 3.57 Å². The summed E-state index contributed by atoms with van der Waals surface area (Å²) < 4.78 is 66.8. The average molecular weight is 460 g/mol. The van der Waals surface area contributed by atoms with Crippen molar-refractivity contribution in [3.63, 3.8) is 0 Å². The zero-order chi connectivity index (χ0) is 18.7. The van der Waals surface area contributed by atoms with Crippen molar-refractivity contribution in [1.29, 1.82) is 0 Å². The Bertz CT molecular complexity index is 447. The van der Waals surface area contributed by atoms with E-state index in [9.17, 15) is 35.9 Å². The number of carboxylic acid groups (broad SMARTS) is 2. The van der Waals surface area contributed by atoms with Gasteiger partial charge in [-0.05, 0) is 34.7 Å². The highest BCUT2D eigenvalue weighted by Crippen LogP contribution is 2.19. The number of carbonyl (C=O) groups is 2. The van der Waals surface area contributed by atoms with Crippen molar-refractivity contribution < 1.29 is 46.1 Å². The number of halogens is 7. The Kier molecular flexibility index (Phi) is 11.4. The molecule has 0 aromatic heterocycles. The molecule has 0 heterocycles. The minimum absolute atomic E-state index is 1.29.